The lowest BCUT2D eigenvalue weighted by molar-refractivity contribution is -0.178. The number of hydrogen-bond donors (Lipinski definition) is 0. The molecule has 0 N–H and O–H groups in total. The largest absolute Gasteiger partial charge is 0.463 e. The highest BCUT2D eigenvalue weighted by atomic mass is 16.7. The zero-order valence-corrected chi connectivity index (χ0v) is 12.4. The average molecular weight is 306 g/mol. The number of hydrogen-bond acceptors (Lipinski definition) is 6. The third kappa shape index (κ3) is 4.89. The fraction of sp³-hybridized carbons (Fsp3) is 0.375. The van der Waals surface area contributed by atoms with E-state index in [1.54, 1.807) is 24.3 Å². The summed E-state index contributed by atoms with van der Waals surface area (Å²) in [5, 5.41) is 0. The fourth-order valence-electron chi connectivity index (χ4n) is 1.96. The molecule has 1 unspecified atom stereocenters. The van der Waals surface area contributed by atoms with Crippen LogP contribution in [0.5, 0.6) is 5.75 Å². The second kappa shape index (κ2) is 7.61. The minimum atomic E-state index is -0.644. The number of carbonyl (C=O) groups excluding carboxylic acids is 2. The van der Waals surface area contributed by atoms with Gasteiger partial charge >= 0.3 is 11.9 Å². The molecule has 0 amide bonds. The highest BCUT2D eigenvalue weighted by molar-refractivity contribution is 5.66. The van der Waals surface area contributed by atoms with E-state index in [0.29, 0.717) is 5.75 Å². The van der Waals surface area contributed by atoms with Crippen molar-refractivity contribution in [1.29, 1.82) is 0 Å². The first kappa shape index (κ1) is 16.0. The number of ether oxygens (including phenoxy) is 4. The zero-order chi connectivity index (χ0) is 15.9. The van der Waals surface area contributed by atoms with E-state index in [1.165, 1.54) is 13.8 Å². The van der Waals surface area contributed by atoms with E-state index in [2.05, 4.69) is 0 Å². The van der Waals surface area contributed by atoms with Gasteiger partial charge in [-0.15, -0.1) is 0 Å². The molecule has 1 aromatic carbocycles. The molecule has 22 heavy (non-hydrogen) atoms. The van der Waals surface area contributed by atoms with Crippen molar-refractivity contribution in [2.45, 2.75) is 32.3 Å². The number of carbonyl (C=O) groups is 2. The molecule has 6 heteroatoms. The summed E-state index contributed by atoms with van der Waals surface area (Å²) >= 11 is 0. The minimum absolute atomic E-state index is 0.0216. The van der Waals surface area contributed by atoms with Crippen molar-refractivity contribution in [3.05, 3.63) is 42.5 Å². The Hall–Kier alpha value is -2.34. The van der Waals surface area contributed by atoms with Crippen LogP contribution in [0.15, 0.2) is 42.5 Å². The van der Waals surface area contributed by atoms with Gasteiger partial charge < -0.3 is 18.9 Å². The Morgan fingerprint density at radius 2 is 1.82 bits per heavy atom. The number of esters is 2. The fourth-order valence-corrected chi connectivity index (χ4v) is 1.96. The van der Waals surface area contributed by atoms with Gasteiger partial charge in [0.1, 0.15) is 24.6 Å². The molecule has 0 saturated carbocycles. The van der Waals surface area contributed by atoms with Gasteiger partial charge in [0.25, 0.3) is 0 Å². The highest BCUT2D eigenvalue weighted by Gasteiger charge is 2.31. The molecular weight excluding hydrogens is 288 g/mol. The van der Waals surface area contributed by atoms with Crippen LogP contribution >= 0.6 is 0 Å². The predicted octanol–water partition coefficient (Wildman–Crippen LogP) is 1.84. The molecule has 1 aliphatic rings. The lowest BCUT2D eigenvalue weighted by Crippen LogP contribution is -2.42. The van der Waals surface area contributed by atoms with Gasteiger partial charge in [-0.1, -0.05) is 18.2 Å². The van der Waals surface area contributed by atoms with Crippen molar-refractivity contribution >= 4 is 11.9 Å². The maximum Gasteiger partial charge on any atom is 0.303 e. The van der Waals surface area contributed by atoms with Gasteiger partial charge in [0.05, 0.1) is 0 Å². The summed E-state index contributed by atoms with van der Waals surface area (Å²) in [5.74, 6) is -0.219. The second-order valence-corrected chi connectivity index (χ2v) is 4.74. The maximum atomic E-state index is 11.1. The molecule has 0 aromatic heterocycles. The van der Waals surface area contributed by atoms with Gasteiger partial charge in [0.2, 0.25) is 6.29 Å². The first-order valence-electron chi connectivity index (χ1n) is 6.90. The van der Waals surface area contributed by atoms with Gasteiger partial charge in [-0.05, 0) is 24.3 Å². The summed E-state index contributed by atoms with van der Waals surface area (Å²) in [6.45, 7) is 2.59. The number of benzene rings is 1. The molecule has 0 spiro atoms. The van der Waals surface area contributed by atoms with E-state index in [9.17, 15) is 9.59 Å². The van der Waals surface area contributed by atoms with Gasteiger partial charge in [-0.3, -0.25) is 9.59 Å². The summed E-state index contributed by atoms with van der Waals surface area (Å²) < 4.78 is 21.4. The van der Waals surface area contributed by atoms with Crippen molar-refractivity contribution in [1.82, 2.24) is 0 Å². The summed E-state index contributed by atoms with van der Waals surface area (Å²) in [5.41, 5.74) is 0. The Morgan fingerprint density at radius 1 is 1.09 bits per heavy atom. The van der Waals surface area contributed by atoms with Gasteiger partial charge in [-0.2, -0.15) is 0 Å². The summed E-state index contributed by atoms with van der Waals surface area (Å²) in [6, 6.07) is 9.18. The third-order valence-corrected chi connectivity index (χ3v) is 2.88. The van der Waals surface area contributed by atoms with Gasteiger partial charge in [-0.25, -0.2) is 0 Å². The lowest BCUT2D eigenvalue weighted by atomic mass is 10.1. The highest BCUT2D eigenvalue weighted by Crippen LogP contribution is 2.20. The normalized spacial score (nSPS) is 23.6. The molecule has 3 atom stereocenters. The van der Waals surface area contributed by atoms with Crippen molar-refractivity contribution in [2.24, 2.45) is 0 Å². The summed E-state index contributed by atoms with van der Waals surface area (Å²) in [6.07, 6.45) is 1.45. The van der Waals surface area contributed by atoms with Gasteiger partial charge in [0, 0.05) is 13.8 Å². The Kier molecular flexibility index (Phi) is 5.55. The zero-order valence-electron chi connectivity index (χ0n) is 12.4. The Labute approximate surface area is 128 Å². The van der Waals surface area contributed by atoms with Crippen LogP contribution in [0.2, 0.25) is 0 Å². The number of para-hydroxylation sites is 1. The molecule has 0 bridgehead atoms. The molecule has 6 nitrogen and oxygen atoms in total. The predicted molar refractivity (Wildman–Crippen MR) is 77.1 cm³/mol. The maximum absolute atomic E-state index is 11.1. The molecule has 1 aliphatic heterocycles. The van der Waals surface area contributed by atoms with E-state index in [0.717, 1.165) is 0 Å². The average Bonchev–Trinajstić information content (AvgIpc) is 2.48. The quantitative estimate of drug-likeness (QED) is 0.610. The Balaban J connectivity index is 2.02. The first-order chi connectivity index (χ1) is 10.5. The van der Waals surface area contributed by atoms with Crippen LogP contribution in [-0.4, -0.2) is 37.0 Å². The van der Waals surface area contributed by atoms with Gasteiger partial charge in [0.15, 0.2) is 0 Å². The van der Waals surface area contributed by atoms with E-state index < -0.39 is 30.4 Å². The van der Waals surface area contributed by atoms with Crippen LogP contribution in [0.4, 0.5) is 0 Å². The van der Waals surface area contributed by atoms with Crippen LogP contribution in [0.1, 0.15) is 13.8 Å². The SMILES string of the molecule is CC(=O)OCC1O[C@H](Oc2ccccc2)C=C[C@@H]1OC(C)=O. The van der Waals surface area contributed by atoms with E-state index in [1.807, 2.05) is 18.2 Å². The minimum Gasteiger partial charge on any atom is -0.463 e. The van der Waals surface area contributed by atoms with Crippen molar-refractivity contribution in [2.75, 3.05) is 6.61 Å². The molecule has 1 heterocycles. The molecule has 1 aromatic rings. The van der Waals surface area contributed by atoms with Crippen LogP contribution in [0.25, 0.3) is 0 Å². The monoisotopic (exact) mass is 306 g/mol. The second-order valence-electron chi connectivity index (χ2n) is 4.74. The standard InChI is InChI=1S/C16H18O6/c1-11(17)19-10-15-14(20-12(2)18)8-9-16(22-15)21-13-6-4-3-5-7-13/h3-9,14-16H,10H2,1-2H3/t14-,15?,16-/m0/s1. The van der Waals surface area contributed by atoms with Crippen molar-refractivity contribution in [3.63, 3.8) is 0 Å². The summed E-state index contributed by atoms with van der Waals surface area (Å²) in [7, 11) is 0. The molecular formula is C16H18O6. The van der Waals surface area contributed by atoms with Crippen LogP contribution in [0.3, 0.4) is 0 Å². The lowest BCUT2D eigenvalue weighted by Gasteiger charge is -2.31. The molecule has 0 aliphatic carbocycles. The first-order valence-corrected chi connectivity index (χ1v) is 6.90. The number of rotatable bonds is 5. The van der Waals surface area contributed by atoms with E-state index in [4.69, 9.17) is 18.9 Å². The van der Waals surface area contributed by atoms with Crippen LogP contribution in [-0.2, 0) is 23.8 Å². The van der Waals surface area contributed by atoms with E-state index >= 15 is 0 Å². The van der Waals surface area contributed by atoms with Crippen molar-refractivity contribution < 1.29 is 28.5 Å². The Morgan fingerprint density at radius 3 is 2.45 bits per heavy atom. The molecule has 2 rings (SSSR count). The molecule has 0 radical (unpaired) electrons. The molecule has 118 valence electrons. The Bertz CT molecular complexity index is 539. The smallest absolute Gasteiger partial charge is 0.303 e. The van der Waals surface area contributed by atoms with Crippen molar-refractivity contribution in [3.8, 4) is 5.75 Å². The third-order valence-electron chi connectivity index (χ3n) is 2.88. The van der Waals surface area contributed by atoms with E-state index in [-0.39, 0.29) is 6.61 Å². The van der Waals surface area contributed by atoms with Crippen LogP contribution < -0.4 is 4.74 Å². The topological polar surface area (TPSA) is 71.1 Å². The molecule has 0 fully saturated rings. The molecule has 0 saturated heterocycles. The van der Waals surface area contributed by atoms with Crippen LogP contribution in [0, 0.1) is 0 Å². The summed E-state index contributed by atoms with van der Waals surface area (Å²) in [4.78, 5) is 22.1.